The minimum atomic E-state index is 0.0657. The van der Waals surface area contributed by atoms with Crippen LogP contribution in [0.15, 0.2) is 29.2 Å². The number of carbonyl (C=O) groups excluding carboxylic acids is 1. The lowest BCUT2D eigenvalue weighted by molar-refractivity contribution is 0.241. The molecular weight excluding hydrogens is 218 g/mol. The molecule has 0 saturated heterocycles. The van der Waals surface area contributed by atoms with E-state index >= 15 is 0 Å². The van der Waals surface area contributed by atoms with E-state index in [4.69, 9.17) is 0 Å². The zero-order chi connectivity index (χ0) is 12.3. The molecule has 0 aromatic heterocycles. The van der Waals surface area contributed by atoms with Gasteiger partial charge < -0.3 is 4.90 Å². The van der Waals surface area contributed by atoms with Gasteiger partial charge in [0.15, 0.2) is 0 Å². The molecule has 0 saturated carbocycles. The average Bonchev–Trinajstić information content (AvgIpc) is 2.16. The third-order valence-electron chi connectivity index (χ3n) is 2.26. The van der Waals surface area contributed by atoms with Gasteiger partial charge in [0.25, 0.3) is 5.24 Å². The Hall–Kier alpha value is -0.960. The highest BCUT2D eigenvalue weighted by atomic mass is 32.2. The van der Waals surface area contributed by atoms with E-state index in [0.717, 1.165) is 4.90 Å². The van der Waals surface area contributed by atoms with Gasteiger partial charge in [0.1, 0.15) is 0 Å². The molecule has 0 aliphatic heterocycles. The Labute approximate surface area is 102 Å². The van der Waals surface area contributed by atoms with E-state index in [1.165, 1.54) is 17.3 Å². The van der Waals surface area contributed by atoms with Crippen LogP contribution >= 0.6 is 11.8 Å². The average molecular weight is 237 g/mol. The molecule has 3 heteroatoms. The van der Waals surface area contributed by atoms with E-state index in [1.54, 1.807) is 19.0 Å². The summed E-state index contributed by atoms with van der Waals surface area (Å²) >= 11 is 1.29. The number of nitrogens with zero attached hydrogens (tertiary/aromatic N) is 1. The Morgan fingerprint density at radius 1 is 1.19 bits per heavy atom. The van der Waals surface area contributed by atoms with Crippen LogP contribution in [-0.2, 0) is 5.41 Å². The van der Waals surface area contributed by atoms with Crippen LogP contribution in [-0.4, -0.2) is 24.2 Å². The van der Waals surface area contributed by atoms with Crippen molar-refractivity contribution in [2.24, 2.45) is 0 Å². The van der Waals surface area contributed by atoms with Crippen LogP contribution < -0.4 is 0 Å². The highest BCUT2D eigenvalue weighted by molar-refractivity contribution is 8.13. The van der Waals surface area contributed by atoms with E-state index in [9.17, 15) is 4.79 Å². The van der Waals surface area contributed by atoms with E-state index in [2.05, 4.69) is 26.8 Å². The maximum atomic E-state index is 11.7. The van der Waals surface area contributed by atoms with Crippen molar-refractivity contribution in [1.29, 1.82) is 0 Å². The Morgan fingerprint density at radius 3 is 2.25 bits per heavy atom. The second-order valence-corrected chi connectivity index (χ2v) is 6.00. The number of thioether (sulfide) groups is 1. The lowest BCUT2D eigenvalue weighted by atomic mass is 9.87. The Kier molecular flexibility index (Phi) is 4.03. The first kappa shape index (κ1) is 13.1. The molecule has 0 aliphatic rings. The van der Waals surface area contributed by atoms with Gasteiger partial charge in [-0.2, -0.15) is 0 Å². The van der Waals surface area contributed by atoms with Crippen molar-refractivity contribution in [2.75, 3.05) is 14.1 Å². The van der Waals surface area contributed by atoms with Crippen molar-refractivity contribution in [1.82, 2.24) is 4.90 Å². The second-order valence-electron chi connectivity index (χ2n) is 5.01. The lowest BCUT2D eigenvalue weighted by Crippen LogP contribution is -2.18. The van der Waals surface area contributed by atoms with Crippen LogP contribution in [0.2, 0.25) is 0 Å². The molecule has 0 radical (unpaired) electrons. The van der Waals surface area contributed by atoms with E-state index in [-0.39, 0.29) is 10.7 Å². The second kappa shape index (κ2) is 4.91. The van der Waals surface area contributed by atoms with Crippen LogP contribution in [0.25, 0.3) is 0 Å². The van der Waals surface area contributed by atoms with Gasteiger partial charge >= 0.3 is 0 Å². The van der Waals surface area contributed by atoms with Gasteiger partial charge in [0.05, 0.1) is 0 Å². The molecule has 0 heterocycles. The largest absolute Gasteiger partial charge is 0.339 e. The summed E-state index contributed by atoms with van der Waals surface area (Å²) in [5, 5.41) is 0.0664. The Morgan fingerprint density at radius 2 is 1.75 bits per heavy atom. The number of hydrogen-bond acceptors (Lipinski definition) is 2. The highest BCUT2D eigenvalue weighted by Gasteiger charge is 2.19. The normalized spacial score (nSPS) is 11.3. The molecule has 1 amide bonds. The summed E-state index contributed by atoms with van der Waals surface area (Å²) in [4.78, 5) is 14.3. The number of benzene rings is 1. The first-order valence-corrected chi connectivity index (χ1v) is 6.12. The summed E-state index contributed by atoms with van der Waals surface area (Å²) in [6.07, 6.45) is 0. The molecule has 0 bridgehead atoms. The lowest BCUT2D eigenvalue weighted by Gasteiger charge is -2.22. The van der Waals surface area contributed by atoms with Crippen molar-refractivity contribution in [3.05, 3.63) is 29.8 Å². The number of carbonyl (C=O) groups is 1. The van der Waals surface area contributed by atoms with Crippen LogP contribution in [0, 0.1) is 0 Å². The van der Waals surface area contributed by atoms with Gasteiger partial charge in [-0.1, -0.05) is 39.0 Å². The SMILES string of the molecule is CN(C)C(=O)Sc1ccccc1C(C)(C)C. The molecule has 1 aromatic rings. The predicted octanol–water partition coefficient (Wildman–Crippen LogP) is 3.76. The summed E-state index contributed by atoms with van der Waals surface area (Å²) in [6, 6.07) is 8.09. The third-order valence-corrected chi connectivity index (χ3v) is 3.37. The fourth-order valence-electron chi connectivity index (χ4n) is 1.36. The van der Waals surface area contributed by atoms with Gasteiger partial charge in [0, 0.05) is 19.0 Å². The number of rotatable bonds is 1. The Balaban J connectivity index is 3.01. The maximum absolute atomic E-state index is 11.7. The van der Waals surface area contributed by atoms with Crippen molar-refractivity contribution < 1.29 is 4.79 Å². The highest BCUT2D eigenvalue weighted by Crippen LogP contribution is 2.33. The molecule has 0 unspecified atom stereocenters. The maximum Gasteiger partial charge on any atom is 0.285 e. The molecular formula is C13H19NOS. The number of hydrogen-bond donors (Lipinski definition) is 0. The fourth-order valence-corrected chi connectivity index (χ4v) is 2.36. The summed E-state index contributed by atoms with van der Waals surface area (Å²) in [5.41, 5.74) is 1.28. The summed E-state index contributed by atoms with van der Waals surface area (Å²) in [5.74, 6) is 0. The zero-order valence-electron chi connectivity index (χ0n) is 10.6. The molecule has 1 rings (SSSR count). The molecule has 1 aromatic carbocycles. The first-order valence-electron chi connectivity index (χ1n) is 5.31. The van der Waals surface area contributed by atoms with E-state index < -0.39 is 0 Å². The van der Waals surface area contributed by atoms with Gasteiger partial charge in [-0.25, -0.2) is 0 Å². The zero-order valence-corrected chi connectivity index (χ0v) is 11.4. The quantitative estimate of drug-likeness (QED) is 0.693. The minimum Gasteiger partial charge on any atom is -0.339 e. The molecule has 88 valence electrons. The van der Waals surface area contributed by atoms with Crippen LogP contribution in [0.5, 0.6) is 0 Å². The van der Waals surface area contributed by atoms with E-state index in [1.807, 2.05) is 18.2 Å². The van der Waals surface area contributed by atoms with Crippen LogP contribution in [0.1, 0.15) is 26.3 Å². The topological polar surface area (TPSA) is 20.3 Å². The molecule has 0 aliphatic carbocycles. The van der Waals surface area contributed by atoms with Crippen molar-refractivity contribution >= 4 is 17.0 Å². The molecule has 16 heavy (non-hydrogen) atoms. The van der Waals surface area contributed by atoms with Gasteiger partial charge in [0.2, 0.25) is 0 Å². The van der Waals surface area contributed by atoms with Crippen LogP contribution in [0.4, 0.5) is 4.79 Å². The van der Waals surface area contributed by atoms with Gasteiger partial charge in [-0.05, 0) is 28.8 Å². The van der Waals surface area contributed by atoms with E-state index in [0.29, 0.717) is 0 Å². The molecule has 0 N–H and O–H groups in total. The summed E-state index contributed by atoms with van der Waals surface area (Å²) < 4.78 is 0. The Bertz CT molecular complexity index is 380. The van der Waals surface area contributed by atoms with Crippen LogP contribution in [0.3, 0.4) is 0 Å². The van der Waals surface area contributed by atoms with Crippen molar-refractivity contribution in [3.8, 4) is 0 Å². The smallest absolute Gasteiger partial charge is 0.285 e. The van der Waals surface area contributed by atoms with Crippen molar-refractivity contribution in [2.45, 2.75) is 31.1 Å². The monoisotopic (exact) mass is 237 g/mol. The molecule has 0 fully saturated rings. The summed E-state index contributed by atoms with van der Waals surface area (Å²) in [7, 11) is 3.55. The first-order chi connectivity index (χ1) is 7.32. The fraction of sp³-hybridized carbons (Fsp3) is 0.462. The minimum absolute atomic E-state index is 0.0657. The molecule has 0 atom stereocenters. The standard InChI is InChI=1S/C13H19NOS/c1-13(2,3)10-8-6-7-9-11(10)16-12(15)14(4)5/h6-9H,1-5H3. The van der Waals surface area contributed by atoms with Gasteiger partial charge in [-0.3, -0.25) is 4.79 Å². The molecule has 2 nitrogen and oxygen atoms in total. The predicted molar refractivity (Wildman–Crippen MR) is 70.1 cm³/mol. The van der Waals surface area contributed by atoms with Gasteiger partial charge in [-0.15, -0.1) is 0 Å². The number of amides is 1. The van der Waals surface area contributed by atoms with Crippen molar-refractivity contribution in [3.63, 3.8) is 0 Å². The molecule has 0 spiro atoms. The summed E-state index contributed by atoms with van der Waals surface area (Å²) in [6.45, 7) is 6.48. The third kappa shape index (κ3) is 3.27.